The lowest BCUT2D eigenvalue weighted by molar-refractivity contribution is -0.147. The van der Waals surface area contributed by atoms with Gasteiger partial charge in [-0.15, -0.1) is 0 Å². The van der Waals surface area contributed by atoms with E-state index in [4.69, 9.17) is 9.84 Å². The average Bonchev–Trinajstić information content (AvgIpc) is 2.88. The van der Waals surface area contributed by atoms with Gasteiger partial charge < -0.3 is 14.7 Å². The van der Waals surface area contributed by atoms with Crippen molar-refractivity contribution < 1.29 is 19.4 Å². The van der Waals surface area contributed by atoms with Crippen LogP contribution in [0.25, 0.3) is 0 Å². The van der Waals surface area contributed by atoms with Crippen molar-refractivity contribution in [3.63, 3.8) is 0 Å². The number of rotatable bonds is 5. The van der Waals surface area contributed by atoms with Gasteiger partial charge in [-0.1, -0.05) is 0 Å². The number of aliphatic carboxylic acids is 1. The summed E-state index contributed by atoms with van der Waals surface area (Å²) in [5.41, 5.74) is 0. The minimum absolute atomic E-state index is 0.00851. The number of amides is 1. The first kappa shape index (κ1) is 13.5. The van der Waals surface area contributed by atoms with E-state index in [0.717, 1.165) is 0 Å². The highest BCUT2D eigenvalue weighted by Gasteiger charge is 2.25. The predicted molar refractivity (Wildman–Crippen MR) is 65.4 cm³/mol. The normalized spacial score (nSPS) is 19.4. The van der Waals surface area contributed by atoms with Crippen LogP contribution in [0.1, 0.15) is 12.8 Å². The first-order chi connectivity index (χ1) is 9.15. The fourth-order valence-electron chi connectivity index (χ4n) is 2.07. The lowest BCUT2D eigenvalue weighted by atomic mass is 10.2. The van der Waals surface area contributed by atoms with Crippen molar-refractivity contribution >= 4 is 11.9 Å². The molecule has 1 atom stereocenters. The largest absolute Gasteiger partial charge is 0.481 e. The Bertz CT molecular complexity index is 432. The molecule has 7 nitrogen and oxygen atoms in total. The van der Waals surface area contributed by atoms with Gasteiger partial charge in [-0.2, -0.15) is 5.10 Å². The van der Waals surface area contributed by atoms with Gasteiger partial charge >= 0.3 is 5.97 Å². The second-order valence-electron chi connectivity index (χ2n) is 4.45. The number of carboxylic acids is 1. The maximum atomic E-state index is 12.0. The summed E-state index contributed by atoms with van der Waals surface area (Å²) in [6.45, 7) is 1.80. The van der Waals surface area contributed by atoms with Crippen LogP contribution in [-0.2, 0) is 20.9 Å². The number of carboxylic acid groups (broad SMARTS) is 1. The number of aromatic nitrogens is 2. The number of aryl methyl sites for hydroxylation is 1. The van der Waals surface area contributed by atoms with Gasteiger partial charge in [-0.05, 0) is 6.07 Å². The number of carbonyl (C=O) groups excluding carboxylic acids is 1. The van der Waals surface area contributed by atoms with Gasteiger partial charge in [0, 0.05) is 38.4 Å². The molecular formula is C12H17N3O4. The molecule has 104 valence electrons. The molecule has 0 saturated carbocycles. The highest BCUT2D eigenvalue weighted by molar-refractivity contribution is 5.76. The highest BCUT2D eigenvalue weighted by Crippen LogP contribution is 2.10. The summed E-state index contributed by atoms with van der Waals surface area (Å²) in [5.74, 6) is -0.898. The fraction of sp³-hybridized carbons (Fsp3) is 0.583. The molecule has 1 N–H and O–H groups in total. The number of hydrogen-bond acceptors (Lipinski definition) is 4. The van der Waals surface area contributed by atoms with E-state index < -0.39 is 12.1 Å². The molecular weight excluding hydrogens is 250 g/mol. The van der Waals surface area contributed by atoms with E-state index in [1.54, 1.807) is 22.0 Å². The zero-order valence-corrected chi connectivity index (χ0v) is 10.6. The van der Waals surface area contributed by atoms with Crippen LogP contribution in [0.5, 0.6) is 0 Å². The number of ether oxygens (including phenoxy) is 1. The topological polar surface area (TPSA) is 84.7 Å². The minimum Gasteiger partial charge on any atom is -0.481 e. The maximum absolute atomic E-state index is 12.0. The first-order valence-corrected chi connectivity index (χ1v) is 6.24. The molecule has 0 bridgehead atoms. The Morgan fingerprint density at radius 2 is 2.32 bits per heavy atom. The molecule has 7 heteroatoms. The van der Waals surface area contributed by atoms with Crippen molar-refractivity contribution in [3.8, 4) is 0 Å². The number of carbonyl (C=O) groups is 2. The Labute approximate surface area is 110 Å². The van der Waals surface area contributed by atoms with Crippen LogP contribution in [0.15, 0.2) is 18.5 Å². The third-order valence-electron chi connectivity index (χ3n) is 3.01. The third-order valence-corrected chi connectivity index (χ3v) is 3.01. The van der Waals surface area contributed by atoms with Gasteiger partial charge in [-0.25, -0.2) is 0 Å². The van der Waals surface area contributed by atoms with Gasteiger partial charge in [0.15, 0.2) is 0 Å². The lowest BCUT2D eigenvalue weighted by Gasteiger charge is -2.32. The van der Waals surface area contributed by atoms with Crippen LogP contribution >= 0.6 is 0 Å². The Hall–Kier alpha value is -1.89. The van der Waals surface area contributed by atoms with Gasteiger partial charge in [0.05, 0.1) is 19.1 Å². The van der Waals surface area contributed by atoms with Crippen molar-refractivity contribution in [1.29, 1.82) is 0 Å². The third kappa shape index (κ3) is 4.06. The van der Waals surface area contributed by atoms with E-state index in [2.05, 4.69) is 5.10 Å². The Balaban J connectivity index is 1.79. The van der Waals surface area contributed by atoms with E-state index in [-0.39, 0.29) is 12.3 Å². The SMILES string of the molecule is O=C(O)CC1CN(C(=O)CCn2cccn2)CCO1. The van der Waals surface area contributed by atoms with E-state index >= 15 is 0 Å². The second-order valence-corrected chi connectivity index (χ2v) is 4.45. The van der Waals surface area contributed by atoms with Crippen LogP contribution in [0, 0.1) is 0 Å². The molecule has 0 radical (unpaired) electrons. The molecule has 2 heterocycles. The van der Waals surface area contributed by atoms with Gasteiger partial charge in [0.1, 0.15) is 0 Å². The van der Waals surface area contributed by atoms with Crippen molar-refractivity contribution in [1.82, 2.24) is 14.7 Å². The molecule has 1 aliphatic rings. The fourth-order valence-corrected chi connectivity index (χ4v) is 2.07. The van der Waals surface area contributed by atoms with Crippen LogP contribution in [0.3, 0.4) is 0 Å². The van der Waals surface area contributed by atoms with Gasteiger partial charge in [-0.3, -0.25) is 14.3 Å². The Kier molecular flexibility index (Phi) is 4.51. The highest BCUT2D eigenvalue weighted by atomic mass is 16.5. The van der Waals surface area contributed by atoms with Crippen LogP contribution in [-0.4, -0.2) is 57.5 Å². The number of nitrogens with zero attached hydrogens (tertiary/aromatic N) is 3. The molecule has 1 saturated heterocycles. The molecule has 0 aromatic carbocycles. The quantitative estimate of drug-likeness (QED) is 0.810. The van der Waals surface area contributed by atoms with E-state index in [9.17, 15) is 9.59 Å². The van der Waals surface area contributed by atoms with E-state index in [0.29, 0.717) is 32.7 Å². The van der Waals surface area contributed by atoms with Crippen molar-refractivity contribution in [2.24, 2.45) is 0 Å². The molecule has 0 spiro atoms. The van der Waals surface area contributed by atoms with Crippen LogP contribution in [0.2, 0.25) is 0 Å². The molecule has 1 aliphatic heterocycles. The van der Waals surface area contributed by atoms with Crippen molar-refractivity contribution in [2.75, 3.05) is 19.7 Å². The van der Waals surface area contributed by atoms with Crippen molar-refractivity contribution in [3.05, 3.63) is 18.5 Å². The molecule has 2 rings (SSSR count). The van der Waals surface area contributed by atoms with E-state index in [1.807, 2.05) is 6.07 Å². The summed E-state index contributed by atoms with van der Waals surface area (Å²) < 4.78 is 7.03. The van der Waals surface area contributed by atoms with Crippen molar-refractivity contribution in [2.45, 2.75) is 25.5 Å². The summed E-state index contributed by atoms with van der Waals surface area (Å²) in [4.78, 5) is 24.3. The molecule has 1 aromatic heterocycles. The maximum Gasteiger partial charge on any atom is 0.306 e. The molecule has 1 unspecified atom stereocenters. The number of morpholine rings is 1. The molecule has 1 fully saturated rings. The average molecular weight is 267 g/mol. The molecule has 0 aliphatic carbocycles. The zero-order valence-electron chi connectivity index (χ0n) is 10.6. The second kappa shape index (κ2) is 6.33. The zero-order chi connectivity index (χ0) is 13.7. The van der Waals surface area contributed by atoms with E-state index in [1.165, 1.54) is 0 Å². The van der Waals surface area contributed by atoms with Crippen LogP contribution < -0.4 is 0 Å². The smallest absolute Gasteiger partial charge is 0.306 e. The summed E-state index contributed by atoms with van der Waals surface area (Å²) in [7, 11) is 0. The van der Waals surface area contributed by atoms with Crippen LogP contribution in [0.4, 0.5) is 0 Å². The van der Waals surface area contributed by atoms with Gasteiger partial charge in [0.2, 0.25) is 5.91 Å². The summed E-state index contributed by atoms with van der Waals surface area (Å²) in [5, 5.41) is 12.8. The summed E-state index contributed by atoms with van der Waals surface area (Å²) >= 11 is 0. The standard InChI is InChI=1S/C12H17N3O4/c16-11(2-5-15-4-1-3-13-15)14-6-7-19-10(9-14)8-12(17)18/h1,3-4,10H,2,5-9H2,(H,17,18). The van der Waals surface area contributed by atoms with Gasteiger partial charge in [0.25, 0.3) is 0 Å². The Morgan fingerprint density at radius 1 is 1.47 bits per heavy atom. The summed E-state index contributed by atoms with van der Waals surface area (Å²) in [6, 6.07) is 1.81. The number of hydrogen-bond donors (Lipinski definition) is 1. The molecule has 1 amide bonds. The molecule has 19 heavy (non-hydrogen) atoms. The monoisotopic (exact) mass is 267 g/mol. The Morgan fingerprint density at radius 3 is 3.00 bits per heavy atom. The first-order valence-electron chi connectivity index (χ1n) is 6.24. The minimum atomic E-state index is -0.907. The summed E-state index contributed by atoms with van der Waals surface area (Å²) in [6.07, 6.45) is 3.37. The molecule has 1 aromatic rings. The lowest BCUT2D eigenvalue weighted by Crippen LogP contribution is -2.46. The predicted octanol–water partition coefficient (Wildman–Crippen LogP) is -0.0247.